The predicted molar refractivity (Wildman–Crippen MR) is 106 cm³/mol. The minimum absolute atomic E-state index is 0.0531. The molecule has 144 valence electrons. The Kier molecular flexibility index (Phi) is 6.92. The van der Waals surface area contributed by atoms with Gasteiger partial charge in [0.25, 0.3) is 5.91 Å². The van der Waals surface area contributed by atoms with E-state index in [1.54, 1.807) is 0 Å². The molecule has 0 saturated carbocycles. The number of likely N-dealkylation sites (tertiary alicyclic amines) is 1. The summed E-state index contributed by atoms with van der Waals surface area (Å²) >= 11 is 0. The number of nitrogens with zero attached hydrogens (tertiary/aromatic N) is 2. The Hall–Kier alpha value is -1.59. The summed E-state index contributed by atoms with van der Waals surface area (Å²) in [5.74, 6) is 0.753. The van der Waals surface area contributed by atoms with Crippen molar-refractivity contribution in [3.05, 3.63) is 29.8 Å². The highest BCUT2D eigenvalue weighted by molar-refractivity contribution is 5.94. The maximum Gasteiger partial charge on any atom is 0.251 e. The van der Waals surface area contributed by atoms with Crippen molar-refractivity contribution in [3.8, 4) is 0 Å². The van der Waals surface area contributed by atoms with Gasteiger partial charge in [-0.3, -0.25) is 4.79 Å². The molecule has 2 aliphatic rings. The quantitative estimate of drug-likeness (QED) is 0.813. The first kappa shape index (κ1) is 19.2. The molecule has 2 fully saturated rings. The number of carbonyl (C=O) groups is 1. The zero-order chi connectivity index (χ0) is 18.4. The standard InChI is InChI=1S/C21H33N3O2/c1-3-11-23(2)20-6-4-18(5-7-20)21(25)22-19-8-12-24(13-9-19)15-17-10-14-26-16-17/h4-7,17,19H,3,8-16H2,1-2H3,(H,22,25). The third-order valence-electron chi connectivity index (χ3n) is 5.59. The highest BCUT2D eigenvalue weighted by atomic mass is 16.5. The lowest BCUT2D eigenvalue weighted by Crippen LogP contribution is -2.45. The molecule has 0 aromatic heterocycles. The molecule has 1 atom stereocenters. The van der Waals surface area contributed by atoms with Crippen molar-refractivity contribution >= 4 is 11.6 Å². The van der Waals surface area contributed by atoms with Crippen LogP contribution in [0.4, 0.5) is 5.69 Å². The smallest absolute Gasteiger partial charge is 0.251 e. The first-order chi connectivity index (χ1) is 12.7. The third-order valence-corrected chi connectivity index (χ3v) is 5.59. The highest BCUT2D eigenvalue weighted by Crippen LogP contribution is 2.18. The maximum atomic E-state index is 12.5. The summed E-state index contributed by atoms with van der Waals surface area (Å²) in [6.45, 7) is 8.32. The first-order valence-electron chi connectivity index (χ1n) is 10.1. The molecule has 1 aromatic carbocycles. The van der Waals surface area contributed by atoms with E-state index in [9.17, 15) is 4.79 Å². The van der Waals surface area contributed by atoms with Crippen molar-refractivity contribution in [2.24, 2.45) is 5.92 Å². The summed E-state index contributed by atoms with van der Waals surface area (Å²) in [6.07, 6.45) is 4.39. The summed E-state index contributed by atoms with van der Waals surface area (Å²) in [5.41, 5.74) is 1.91. The Morgan fingerprint density at radius 1 is 1.23 bits per heavy atom. The lowest BCUT2D eigenvalue weighted by molar-refractivity contribution is 0.0903. The molecular weight excluding hydrogens is 326 g/mol. The molecule has 0 spiro atoms. The summed E-state index contributed by atoms with van der Waals surface area (Å²) < 4.78 is 5.47. The fourth-order valence-corrected chi connectivity index (χ4v) is 3.95. The minimum atomic E-state index is 0.0531. The average molecular weight is 360 g/mol. The second kappa shape index (κ2) is 9.38. The maximum absolute atomic E-state index is 12.5. The fraction of sp³-hybridized carbons (Fsp3) is 0.667. The van der Waals surface area contributed by atoms with Crippen LogP contribution in [0.25, 0.3) is 0 Å². The normalized spacial score (nSPS) is 21.7. The second-order valence-electron chi connectivity index (χ2n) is 7.75. The van der Waals surface area contributed by atoms with E-state index in [1.807, 2.05) is 24.3 Å². The van der Waals surface area contributed by atoms with Gasteiger partial charge >= 0.3 is 0 Å². The van der Waals surface area contributed by atoms with Gasteiger partial charge in [0.15, 0.2) is 0 Å². The van der Waals surface area contributed by atoms with Gasteiger partial charge in [-0.25, -0.2) is 0 Å². The van der Waals surface area contributed by atoms with Crippen LogP contribution in [0, 0.1) is 5.92 Å². The van der Waals surface area contributed by atoms with E-state index in [-0.39, 0.29) is 5.91 Å². The van der Waals surface area contributed by atoms with Crippen LogP contribution in [0.15, 0.2) is 24.3 Å². The van der Waals surface area contributed by atoms with Crippen LogP contribution in [0.1, 0.15) is 43.0 Å². The molecule has 3 rings (SSSR count). The van der Waals surface area contributed by atoms with E-state index in [1.165, 1.54) is 6.42 Å². The van der Waals surface area contributed by atoms with Crippen molar-refractivity contribution in [1.82, 2.24) is 10.2 Å². The van der Waals surface area contributed by atoms with Crippen LogP contribution in [-0.2, 0) is 4.74 Å². The SMILES string of the molecule is CCCN(C)c1ccc(C(=O)NC2CCN(CC3CCOC3)CC2)cc1. The Morgan fingerprint density at radius 3 is 2.58 bits per heavy atom. The number of piperidine rings is 1. The first-order valence-corrected chi connectivity index (χ1v) is 10.1. The lowest BCUT2D eigenvalue weighted by Gasteiger charge is -2.33. The lowest BCUT2D eigenvalue weighted by atomic mass is 10.0. The Balaban J connectivity index is 1.43. The molecule has 1 amide bonds. The van der Waals surface area contributed by atoms with Gasteiger partial charge in [0, 0.05) is 57.1 Å². The van der Waals surface area contributed by atoms with Crippen molar-refractivity contribution < 1.29 is 9.53 Å². The molecule has 2 saturated heterocycles. The number of carbonyl (C=O) groups excluding carboxylic acids is 1. The third kappa shape index (κ3) is 5.21. The Bertz CT molecular complexity index is 561. The molecule has 1 aromatic rings. The van der Waals surface area contributed by atoms with Gasteiger partial charge in [0.05, 0.1) is 6.61 Å². The number of hydrogen-bond donors (Lipinski definition) is 1. The average Bonchev–Trinajstić information content (AvgIpc) is 3.17. The van der Waals surface area contributed by atoms with Gasteiger partial charge in [0.2, 0.25) is 0 Å². The van der Waals surface area contributed by atoms with Crippen LogP contribution in [-0.4, -0.2) is 63.3 Å². The molecule has 2 aliphatic heterocycles. The van der Waals surface area contributed by atoms with Gasteiger partial charge < -0.3 is 19.9 Å². The number of ether oxygens (including phenoxy) is 1. The Labute approximate surface area is 157 Å². The van der Waals surface area contributed by atoms with Crippen molar-refractivity contribution in [2.45, 2.75) is 38.6 Å². The predicted octanol–water partition coefficient (Wildman–Crippen LogP) is 2.76. The molecule has 2 heterocycles. The van der Waals surface area contributed by atoms with Gasteiger partial charge in [-0.1, -0.05) is 6.92 Å². The Morgan fingerprint density at radius 2 is 1.96 bits per heavy atom. The van der Waals surface area contributed by atoms with Gasteiger partial charge in [-0.05, 0) is 55.9 Å². The number of benzene rings is 1. The molecule has 1 N–H and O–H groups in total. The summed E-state index contributed by atoms with van der Waals surface area (Å²) in [6, 6.07) is 8.24. The molecule has 5 nitrogen and oxygen atoms in total. The van der Waals surface area contributed by atoms with Gasteiger partial charge in [-0.2, -0.15) is 0 Å². The van der Waals surface area contributed by atoms with Gasteiger partial charge in [-0.15, -0.1) is 0 Å². The van der Waals surface area contributed by atoms with Crippen LogP contribution in [0.5, 0.6) is 0 Å². The molecule has 0 bridgehead atoms. The largest absolute Gasteiger partial charge is 0.381 e. The molecule has 0 radical (unpaired) electrons. The number of hydrogen-bond acceptors (Lipinski definition) is 4. The second-order valence-corrected chi connectivity index (χ2v) is 7.75. The van der Waals surface area contributed by atoms with E-state index in [0.29, 0.717) is 12.0 Å². The van der Waals surface area contributed by atoms with E-state index >= 15 is 0 Å². The highest BCUT2D eigenvalue weighted by Gasteiger charge is 2.24. The van der Waals surface area contributed by atoms with Crippen molar-refractivity contribution in [1.29, 1.82) is 0 Å². The summed E-state index contributed by atoms with van der Waals surface area (Å²) in [5, 5.41) is 3.22. The molecule has 5 heteroatoms. The number of nitrogens with one attached hydrogen (secondary N) is 1. The van der Waals surface area contributed by atoms with E-state index in [2.05, 4.69) is 29.1 Å². The van der Waals surface area contributed by atoms with Crippen LogP contribution < -0.4 is 10.2 Å². The van der Waals surface area contributed by atoms with Crippen molar-refractivity contribution in [2.75, 3.05) is 51.3 Å². The number of anilines is 1. The summed E-state index contributed by atoms with van der Waals surface area (Å²) in [4.78, 5) is 17.3. The van der Waals surface area contributed by atoms with Gasteiger partial charge in [0.1, 0.15) is 0 Å². The zero-order valence-electron chi connectivity index (χ0n) is 16.2. The zero-order valence-corrected chi connectivity index (χ0v) is 16.2. The van der Waals surface area contributed by atoms with E-state index in [0.717, 1.165) is 69.9 Å². The minimum Gasteiger partial charge on any atom is -0.381 e. The van der Waals surface area contributed by atoms with Crippen molar-refractivity contribution in [3.63, 3.8) is 0 Å². The monoisotopic (exact) mass is 359 g/mol. The van der Waals surface area contributed by atoms with Crippen LogP contribution >= 0.6 is 0 Å². The van der Waals surface area contributed by atoms with Crippen LogP contribution in [0.2, 0.25) is 0 Å². The molecule has 26 heavy (non-hydrogen) atoms. The molecule has 0 aliphatic carbocycles. The number of rotatable bonds is 7. The van der Waals surface area contributed by atoms with E-state index < -0.39 is 0 Å². The van der Waals surface area contributed by atoms with E-state index in [4.69, 9.17) is 4.74 Å². The van der Waals surface area contributed by atoms with Crippen LogP contribution in [0.3, 0.4) is 0 Å². The topological polar surface area (TPSA) is 44.8 Å². The molecule has 1 unspecified atom stereocenters. The summed E-state index contributed by atoms with van der Waals surface area (Å²) in [7, 11) is 2.09. The fourth-order valence-electron chi connectivity index (χ4n) is 3.95. The molecular formula is C21H33N3O2. The number of amides is 1.